The number of fused-ring (bicyclic) bond motifs is 7. The average Bonchev–Trinajstić information content (AvgIpc) is 3.37. The number of nitrogens with one attached hydrogen (secondary N) is 1. The number of hydrogen-bond donors (Lipinski definition) is 2. The summed E-state index contributed by atoms with van der Waals surface area (Å²) in [6, 6.07) is 0. The molecule has 0 bridgehead atoms. The maximum Gasteiger partial charge on any atom is 0.306 e. The molecule has 1 saturated heterocycles. The second-order valence-electron chi connectivity index (χ2n) is 20.4. The van der Waals surface area contributed by atoms with E-state index >= 15 is 0 Å². The molecule has 0 aromatic carbocycles. The van der Waals surface area contributed by atoms with Crippen molar-refractivity contribution >= 4 is 15.8 Å². The third-order valence-corrected chi connectivity index (χ3v) is 19.4. The number of carboxylic acid groups (broad SMARTS) is 1. The summed E-state index contributed by atoms with van der Waals surface area (Å²) in [5, 5.41) is 13.9. The van der Waals surface area contributed by atoms with Crippen molar-refractivity contribution in [1.82, 2.24) is 10.2 Å². The first kappa shape index (κ1) is 37.9. The van der Waals surface area contributed by atoms with E-state index in [1.807, 2.05) is 0 Å². The Bertz CT molecular complexity index is 1580. The van der Waals surface area contributed by atoms with Crippen LogP contribution in [0.5, 0.6) is 0 Å². The summed E-state index contributed by atoms with van der Waals surface area (Å²) >= 11 is 0. The summed E-state index contributed by atoms with van der Waals surface area (Å²) in [5.41, 5.74) is 5.42. The first-order valence-corrected chi connectivity index (χ1v) is 22.7. The van der Waals surface area contributed by atoms with Crippen LogP contribution >= 0.6 is 0 Å². The highest BCUT2D eigenvalue weighted by Gasteiger charge is 2.70. The SMILES string of the molecule is C=C(C)[C@@H]1CC[C@]2(NCCN3CCS(=O)(=O)CC(C)C3)CC[C@]3(C)[C@H](CC[C@@H]4[C@@]5(C)CC=C(C6=CC[C@H](C(=O)O)CC6)C(C)(C)[C@@H]5CC[C@]43C)[C@@H]12. The molecule has 7 heteroatoms. The Morgan fingerprint density at radius 3 is 2.43 bits per heavy atom. The van der Waals surface area contributed by atoms with E-state index in [0.29, 0.717) is 59.5 Å². The summed E-state index contributed by atoms with van der Waals surface area (Å²) in [6.45, 7) is 25.6. The molecule has 6 nitrogen and oxygen atoms in total. The molecule has 286 valence electrons. The van der Waals surface area contributed by atoms with Crippen molar-refractivity contribution in [2.24, 2.45) is 63.1 Å². The van der Waals surface area contributed by atoms with Gasteiger partial charge in [0, 0.05) is 31.7 Å². The average molecular weight is 723 g/mol. The molecule has 5 fully saturated rings. The monoisotopic (exact) mass is 723 g/mol. The number of sulfone groups is 1. The quantitative estimate of drug-likeness (QED) is 0.256. The van der Waals surface area contributed by atoms with Gasteiger partial charge in [0.15, 0.2) is 9.84 Å². The molecule has 0 radical (unpaired) electrons. The molecule has 2 N–H and O–H groups in total. The Hall–Kier alpha value is -1.44. The van der Waals surface area contributed by atoms with Crippen LogP contribution in [0.25, 0.3) is 0 Å². The predicted molar refractivity (Wildman–Crippen MR) is 208 cm³/mol. The molecular formula is C44H70N2O4S. The van der Waals surface area contributed by atoms with Crippen molar-refractivity contribution in [1.29, 1.82) is 0 Å². The lowest BCUT2D eigenvalue weighted by Gasteiger charge is -2.72. The first-order valence-electron chi connectivity index (χ1n) is 20.8. The molecule has 6 aliphatic carbocycles. The topological polar surface area (TPSA) is 86.7 Å². The molecule has 4 saturated carbocycles. The maximum absolute atomic E-state index is 12.5. The fourth-order valence-electron chi connectivity index (χ4n) is 14.9. The zero-order valence-corrected chi connectivity index (χ0v) is 34.0. The Morgan fingerprint density at radius 2 is 1.75 bits per heavy atom. The fourth-order valence-corrected chi connectivity index (χ4v) is 16.6. The minimum atomic E-state index is -2.94. The summed E-state index contributed by atoms with van der Waals surface area (Å²) in [6.07, 6.45) is 18.6. The molecule has 51 heavy (non-hydrogen) atoms. The highest BCUT2D eigenvalue weighted by molar-refractivity contribution is 7.91. The lowest BCUT2D eigenvalue weighted by atomic mass is 9.33. The number of hydrogen-bond acceptors (Lipinski definition) is 5. The molecule has 0 aromatic rings. The number of carboxylic acids is 1. The summed E-state index contributed by atoms with van der Waals surface area (Å²) in [7, 11) is -2.94. The second-order valence-corrected chi connectivity index (χ2v) is 22.6. The highest BCUT2D eigenvalue weighted by Crippen LogP contribution is 2.76. The van der Waals surface area contributed by atoms with E-state index < -0.39 is 15.8 Å². The Kier molecular flexibility index (Phi) is 9.73. The number of rotatable bonds is 7. The first-order chi connectivity index (χ1) is 23.9. The molecule has 11 atom stereocenters. The van der Waals surface area contributed by atoms with Crippen LogP contribution in [-0.4, -0.2) is 67.6 Å². The maximum atomic E-state index is 12.5. The van der Waals surface area contributed by atoms with Crippen LogP contribution in [0.4, 0.5) is 0 Å². The molecule has 1 aliphatic heterocycles. The van der Waals surface area contributed by atoms with Crippen LogP contribution in [0.1, 0.15) is 126 Å². The molecule has 0 amide bonds. The van der Waals surface area contributed by atoms with Gasteiger partial charge in [0.25, 0.3) is 0 Å². The van der Waals surface area contributed by atoms with E-state index in [9.17, 15) is 18.3 Å². The van der Waals surface area contributed by atoms with Gasteiger partial charge in [-0.2, -0.15) is 0 Å². The third kappa shape index (κ3) is 6.08. The number of nitrogens with zero attached hydrogens (tertiary/aromatic N) is 1. The zero-order valence-electron chi connectivity index (χ0n) is 33.2. The van der Waals surface area contributed by atoms with Gasteiger partial charge >= 0.3 is 5.97 Å². The second kappa shape index (κ2) is 13.1. The summed E-state index contributed by atoms with van der Waals surface area (Å²) < 4.78 is 24.9. The van der Waals surface area contributed by atoms with E-state index in [2.05, 4.69) is 77.4 Å². The van der Waals surface area contributed by atoms with Crippen molar-refractivity contribution in [2.75, 3.05) is 37.7 Å². The van der Waals surface area contributed by atoms with Gasteiger partial charge < -0.3 is 15.3 Å². The van der Waals surface area contributed by atoms with E-state index in [1.54, 1.807) is 0 Å². The molecule has 1 heterocycles. The van der Waals surface area contributed by atoms with Crippen LogP contribution < -0.4 is 5.32 Å². The highest BCUT2D eigenvalue weighted by atomic mass is 32.2. The van der Waals surface area contributed by atoms with E-state index in [4.69, 9.17) is 0 Å². The van der Waals surface area contributed by atoms with Gasteiger partial charge in [-0.1, -0.05) is 65.8 Å². The van der Waals surface area contributed by atoms with Gasteiger partial charge in [-0.15, -0.1) is 0 Å². The number of carbonyl (C=O) groups is 1. The standard InChI is InChI=1S/C44H70N2O4S/c1-29(2)33-15-20-44(45-23-24-46-25-26-51(49,50)28-30(3)27-46)22-21-42(7)35(38(33)44)13-14-37-41(6)18-16-34(31-9-11-32(12-10-31)39(47)48)40(4,5)36(41)17-19-43(37,42)8/h9,16,30,32-33,35-38,45H,1,10-15,17-28H2,2-8H3,(H,47,48)/t30?,32-,33-,35+,36-,37+,38+,41-,42+,43+,44-/m0/s1. The number of allylic oxidation sites excluding steroid dienone is 5. The Morgan fingerprint density at radius 1 is 0.980 bits per heavy atom. The molecule has 0 aromatic heterocycles. The molecule has 7 aliphatic rings. The minimum absolute atomic E-state index is 0.0888. The van der Waals surface area contributed by atoms with Gasteiger partial charge in [0.1, 0.15) is 0 Å². The van der Waals surface area contributed by atoms with E-state index in [1.165, 1.54) is 68.1 Å². The third-order valence-electron chi connectivity index (χ3n) is 17.5. The minimum Gasteiger partial charge on any atom is -0.481 e. The van der Waals surface area contributed by atoms with Crippen LogP contribution in [-0.2, 0) is 14.6 Å². The lowest BCUT2D eigenvalue weighted by molar-refractivity contribution is -0.221. The lowest BCUT2D eigenvalue weighted by Crippen LogP contribution is -2.68. The van der Waals surface area contributed by atoms with Crippen molar-refractivity contribution in [2.45, 2.75) is 131 Å². The van der Waals surface area contributed by atoms with Gasteiger partial charge in [-0.25, -0.2) is 8.42 Å². The van der Waals surface area contributed by atoms with Crippen molar-refractivity contribution in [3.8, 4) is 0 Å². The largest absolute Gasteiger partial charge is 0.481 e. The van der Waals surface area contributed by atoms with E-state index in [-0.39, 0.29) is 33.6 Å². The van der Waals surface area contributed by atoms with Gasteiger partial charge in [-0.3, -0.25) is 4.79 Å². The van der Waals surface area contributed by atoms with Crippen LogP contribution in [0, 0.1) is 63.1 Å². The summed E-state index contributed by atoms with van der Waals surface area (Å²) in [5.74, 6) is 3.15. The molecular weight excluding hydrogens is 653 g/mol. The zero-order chi connectivity index (χ0) is 36.8. The van der Waals surface area contributed by atoms with Crippen molar-refractivity contribution in [3.63, 3.8) is 0 Å². The van der Waals surface area contributed by atoms with Crippen LogP contribution in [0.15, 0.2) is 35.5 Å². The predicted octanol–water partition coefficient (Wildman–Crippen LogP) is 8.70. The van der Waals surface area contributed by atoms with Gasteiger partial charge in [0.05, 0.1) is 17.4 Å². The normalized spacial score (nSPS) is 46.3. The molecule has 0 spiro atoms. The smallest absolute Gasteiger partial charge is 0.306 e. The van der Waals surface area contributed by atoms with E-state index in [0.717, 1.165) is 38.9 Å². The fraction of sp³-hybridized carbons (Fsp3) is 0.841. The van der Waals surface area contributed by atoms with Crippen molar-refractivity contribution < 1.29 is 18.3 Å². The molecule has 1 unspecified atom stereocenters. The van der Waals surface area contributed by atoms with Crippen LogP contribution in [0.2, 0.25) is 0 Å². The van der Waals surface area contributed by atoms with Crippen molar-refractivity contribution in [3.05, 3.63) is 35.5 Å². The van der Waals surface area contributed by atoms with Gasteiger partial charge in [-0.05, 0) is 152 Å². The Labute approximate surface area is 310 Å². The van der Waals surface area contributed by atoms with Gasteiger partial charge in [0.2, 0.25) is 0 Å². The Balaban J connectivity index is 1.13. The number of aliphatic carboxylic acids is 1. The summed E-state index contributed by atoms with van der Waals surface area (Å²) in [4.78, 5) is 14.1. The molecule has 7 rings (SSSR count). The van der Waals surface area contributed by atoms with Crippen LogP contribution in [0.3, 0.4) is 0 Å².